The molecule has 6 atom stereocenters. The van der Waals surface area contributed by atoms with Crippen molar-refractivity contribution in [2.75, 3.05) is 13.7 Å². The average Bonchev–Trinajstić information content (AvgIpc) is 3.57. The zero-order valence-corrected chi connectivity index (χ0v) is 18.5. The van der Waals surface area contributed by atoms with E-state index >= 15 is 0 Å². The van der Waals surface area contributed by atoms with Crippen molar-refractivity contribution < 1.29 is 33.3 Å². The van der Waals surface area contributed by atoms with Crippen LogP contribution in [0.25, 0.3) is 0 Å². The summed E-state index contributed by atoms with van der Waals surface area (Å²) in [7, 11) is 1.60. The Hall–Kier alpha value is -1.77. The second-order valence-electron chi connectivity index (χ2n) is 9.07. The number of allylic oxidation sites excluding steroid dienone is 1. The van der Waals surface area contributed by atoms with Crippen LogP contribution in [0.4, 0.5) is 4.79 Å². The smallest absolute Gasteiger partial charge is 0.414 e. The maximum Gasteiger partial charge on any atom is 0.414 e. The molecular formula is C22H33NO7. The summed E-state index contributed by atoms with van der Waals surface area (Å²) in [5, 5.41) is 2.20. The lowest BCUT2D eigenvalue weighted by molar-refractivity contribution is -0.127. The van der Waals surface area contributed by atoms with Crippen molar-refractivity contribution in [3.8, 4) is 0 Å². The van der Waals surface area contributed by atoms with Crippen molar-refractivity contribution in [1.82, 2.24) is 5.32 Å². The molecule has 2 aliphatic heterocycles. The van der Waals surface area contributed by atoms with Crippen molar-refractivity contribution in [2.45, 2.75) is 89.3 Å². The fourth-order valence-corrected chi connectivity index (χ4v) is 4.70. The first-order chi connectivity index (χ1) is 14.1. The molecule has 0 aromatic carbocycles. The van der Waals surface area contributed by atoms with Gasteiger partial charge in [-0.3, -0.25) is 10.1 Å². The Morgan fingerprint density at radius 3 is 2.47 bits per heavy atom. The van der Waals surface area contributed by atoms with E-state index in [2.05, 4.69) is 32.2 Å². The molecule has 2 heterocycles. The van der Waals surface area contributed by atoms with Gasteiger partial charge in [0.25, 0.3) is 0 Å². The second-order valence-corrected chi connectivity index (χ2v) is 9.07. The number of Topliss-reactive ketones (excluding diaryl/α,β-unsaturated/α-hetero) is 1. The standard InChI is InChI=1S/C22H33NO7/c1-13(2)6-8-16-21(4,30-16)19-18(27-5)15(10-11-22(19)12-28-22)29-20(26)23-17(25)9-7-14(3)24/h6,15-16,18-19H,7-12H2,1-5H3,(H,23,25,26)/t15-,16-,18-,19-,21?,22+/m1/s1. The third-order valence-corrected chi connectivity index (χ3v) is 6.44. The topological polar surface area (TPSA) is 107 Å². The molecule has 168 valence electrons. The summed E-state index contributed by atoms with van der Waals surface area (Å²) in [5.74, 6) is -0.716. The third-order valence-electron chi connectivity index (χ3n) is 6.44. The summed E-state index contributed by atoms with van der Waals surface area (Å²) in [6, 6.07) is 0. The minimum atomic E-state index is -0.815. The van der Waals surface area contributed by atoms with Gasteiger partial charge in [0.05, 0.1) is 18.6 Å². The molecule has 0 aromatic rings. The van der Waals surface area contributed by atoms with E-state index < -0.39 is 29.8 Å². The Morgan fingerprint density at radius 2 is 1.90 bits per heavy atom. The number of methoxy groups -OCH3 is 1. The van der Waals surface area contributed by atoms with Crippen molar-refractivity contribution >= 4 is 17.8 Å². The highest BCUT2D eigenvalue weighted by molar-refractivity contribution is 5.93. The van der Waals surface area contributed by atoms with Gasteiger partial charge in [0.2, 0.25) is 5.91 Å². The Labute approximate surface area is 177 Å². The first-order valence-corrected chi connectivity index (χ1v) is 10.6. The number of ether oxygens (including phenoxy) is 4. The highest BCUT2D eigenvalue weighted by Crippen LogP contribution is 2.59. The molecule has 3 fully saturated rings. The number of hydrogen-bond donors (Lipinski definition) is 1. The molecule has 3 aliphatic rings. The highest BCUT2D eigenvalue weighted by Gasteiger charge is 2.72. The molecule has 8 heteroatoms. The summed E-state index contributed by atoms with van der Waals surface area (Å²) in [4.78, 5) is 35.1. The molecule has 1 unspecified atom stereocenters. The summed E-state index contributed by atoms with van der Waals surface area (Å²) in [5.41, 5.74) is 0.520. The van der Waals surface area contributed by atoms with E-state index in [9.17, 15) is 14.4 Å². The van der Waals surface area contributed by atoms with Gasteiger partial charge in [0.15, 0.2) is 0 Å². The van der Waals surface area contributed by atoms with E-state index in [4.69, 9.17) is 18.9 Å². The zero-order valence-electron chi connectivity index (χ0n) is 18.5. The quantitative estimate of drug-likeness (QED) is 0.472. The average molecular weight is 424 g/mol. The first-order valence-electron chi connectivity index (χ1n) is 10.6. The maximum absolute atomic E-state index is 12.3. The number of imide groups is 1. The van der Waals surface area contributed by atoms with Crippen LogP contribution in [0.3, 0.4) is 0 Å². The molecule has 1 spiro atoms. The van der Waals surface area contributed by atoms with Gasteiger partial charge >= 0.3 is 6.09 Å². The van der Waals surface area contributed by atoms with E-state index in [1.54, 1.807) is 7.11 Å². The largest absolute Gasteiger partial charge is 0.443 e. The molecule has 1 saturated carbocycles. The molecular weight excluding hydrogens is 390 g/mol. The lowest BCUT2D eigenvalue weighted by Gasteiger charge is -2.42. The number of hydrogen-bond acceptors (Lipinski definition) is 7. The van der Waals surface area contributed by atoms with E-state index in [1.165, 1.54) is 12.5 Å². The molecule has 0 radical (unpaired) electrons. The molecule has 1 N–H and O–H groups in total. The van der Waals surface area contributed by atoms with Gasteiger partial charge in [-0.05, 0) is 47.0 Å². The predicted molar refractivity (Wildman–Crippen MR) is 108 cm³/mol. The number of amides is 2. The monoisotopic (exact) mass is 423 g/mol. The summed E-state index contributed by atoms with van der Waals surface area (Å²) < 4.78 is 23.4. The third kappa shape index (κ3) is 4.92. The predicted octanol–water partition coefficient (Wildman–Crippen LogP) is 2.68. The van der Waals surface area contributed by atoms with Gasteiger partial charge in [-0.1, -0.05) is 11.6 Å². The van der Waals surface area contributed by atoms with Crippen LogP contribution in [-0.2, 0) is 28.5 Å². The maximum atomic E-state index is 12.3. The first kappa shape index (κ1) is 22.9. The normalized spacial score (nSPS) is 36.7. The summed E-state index contributed by atoms with van der Waals surface area (Å²) >= 11 is 0. The number of nitrogens with one attached hydrogen (secondary N) is 1. The van der Waals surface area contributed by atoms with Crippen LogP contribution in [0.15, 0.2) is 11.6 Å². The number of alkyl carbamates (subject to hydrolysis) is 1. The minimum Gasteiger partial charge on any atom is -0.443 e. The van der Waals surface area contributed by atoms with Crippen LogP contribution in [0, 0.1) is 5.92 Å². The molecule has 30 heavy (non-hydrogen) atoms. The zero-order chi connectivity index (χ0) is 22.1. The van der Waals surface area contributed by atoms with Gasteiger partial charge in [0, 0.05) is 20.0 Å². The minimum absolute atomic E-state index is 0.0413. The van der Waals surface area contributed by atoms with Crippen LogP contribution in [0.1, 0.15) is 59.8 Å². The van der Waals surface area contributed by atoms with Crippen molar-refractivity contribution in [2.24, 2.45) is 5.92 Å². The molecule has 3 rings (SSSR count). The molecule has 8 nitrogen and oxygen atoms in total. The van der Waals surface area contributed by atoms with Gasteiger partial charge in [-0.25, -0.2) is 4.79 Å². The van der Waals surface area contributed by atoms with Crippen LogP contribution in [-0.4, -0.2) is 61.0 Å². The summed E-state index contributed by atoms with van der Waals surface area (Å²) in [6.07, 6.45) is 2.69. The van der Waals surface area contributed by atoms with Crippen LogP contribution >= 0.6 is 0 Å². The van der Waals surface area contributed by atoms with Crippen molar-refractivity contribution in [3.63, 3.8) is 0 Å². The van der Waals surface area contributed by atoms with Gasteiger partial charge in [0.1, 0.15) is 29.2 Å². The van der Waals surface area contributed by atoms with Crippen LogP contribution in [0.2, 0.25) is 0 Å². The fourth-order valence-electron chi connectivity index (χ4n) is 4.70. The van der Waals surface area contributed by atoms with Crippen molar-refractivity contribution in [1.29, 1.82) is 0 Å². The SMILES string of the molecule is CO[C@H]1[C@H](C2(C)O[C@@H]2CC=C(C)C)[C@]2(CC[C@H]1OC(=O)NC(=O)CCC(C)=O)CO2. The summed E-state index contributed by atoms with van der Waals surface area (Å²) in [6.45, 7) is 8.24. The molecule has 0 bridgehead atoms. The lowest BCUT2D eigenvalue weighted by Crippen LogP contribution is -2.56. The molecule has 1 aliphatic carbocycles. The number of epoxide rings is 2. The number of carbonyl (C=O) groups excluding carboxylic acids is 3. The van der Waals surface area contributed by atoms with Gasteiger partial charge in [-0.15, -0.1) is 0 Å². The number of ketones is 1. The van der Waals surface area contributed by atoms with E-state index in [0.717, 1.165) is 12.8 Å². The van der Waals surface area contributed by atoms with Crippen LogP contribution in [0.5, 0.6) is 0 Å². The highest BCUT2D eigenvalue weighted by atomic mass is 16.6. The lowest BCUT2D eigenvalue weighted by atomic mass is 9.68. The second kappa shape index (κ2) is 8.77. The molecule has 2 amide bonds. The number of rotatable bonds is 8. The Morgan fingerprint density at radius 1 is 1.20 bits per heavy atom. The number of carbonyl (C=O) groups is 3. The Kier molecular flexibility index (Phi) is 6.69. The molecule has 0 aromatic heterocycles. The van der Waals surface area contributed by atoms with E-state index in [-0.39, 0.29) is 36.2 Å². The van der Waals surface area contributed by atoms with Gasteiger partial charge in [-0.2, -0.15) is 0 Å². The van der Waals surface area contributed by atoms with E-state index in [0.29, 0.717) is 13.0 Å². The van der Waals surface area contributed by atoms with Crippen LogP contribution < -0.4 is 5.32 Å². The van der Waals surface area contributed by atoms with Crippen molar-refractivity contribution in [3.05, 3.63) is 11.6 Å². The fraction of sp³-hybridized carbons (Fsp3) is 0.773. The Balaban J connectivity index is 1.65. The molecule has 2 saturated heterocycles. The van der Waals surface area contributed by atoms with Gasteiger partial charge < -0.3 is 23.7 Å². The van der Waals surface area contributed by atoms with E-state index in [1.807, 2.05) is 0 Å². The Bertz CT molecular complexity index is 725.